The normalized spacial score (nSPS) is 11.4. The maximum atomic E-state index is 14.4. The van der Waals surface area contributed by atoms with Crippen molar-refractivity contribution >= 4 is 44.1 Å². The first-order valence-corrected chi connectivity index (χ1v) is 11.4. The number of halogens is 1. The topological polar surface area (TPSA) is 139 Å². The lowest BCUT2D eigenvalue weighted by Crippen LogP contribution is -2.14. The van der Waals surface area contributed by atoms with E-state index in [-0.39, 0.29) is 23.1 Å². The molecule has 0 aliphatic carbocycles. The lowest BCUT2D eigenvalue weighted by molar-refractivity contribution is 0.597. The van der Waals surface area contributed by atoms with E-state index >= 15 is 0 Å². The highest BCUT2D eigenvalue weighted by Crippen LogP contribution is 2.28. The summed E-state index contributed by atoms with van der Waals surface area (Å²) in [5.41, 5.74) is 3.28. The van der Waals surface area contributed by atoms with Crippen molar-refractivity contribution < 1.29 is 12.8 Å². The predicted molar refractivity (Wildman–Crippen MR) is 123 cm³/mol. The van der Waals surface area contributed by atoms with Crippen LogP contribution in [0.4, 0.5) is 27.5 Å². The van der Waals surface area contributed by atoms with E-state index in [0.29, 0.717) is 16.9 Å². The van der Waals surface area contributed by atoms with Crippen LogP contribution < -0.4 is 15.8 Å². The van der Waals surface area contributed by atoms with Crippen molar-refractivity contribution in [2.45, 2.75) is 18.2 Å². The first-order chi connectivity index (χ1) is 15.7. The fraction of sp³-hybridized carbons (Fsp3) is 0.136. The number of hydrogen-bond donors (Lipinski definition) is 3. The van der Waals surface area contributed by atoms with E-state index in [1.165, 1.54) is 6.07 Å². The number of sulfonamides is 1. The molecule has 0 fully saturated rings. The fourth-order valence-corrected chi connectivity index (χ4v) is 4.35. The summed E-state index contributed by atoms with van der Waals surface area (Å²) in [6.45, 7) is 1.63. The van der Waals surface area contributed by atoms with E-state index in [0.717, 1.165) is 22.7 Å². The molecule has 0 atom stereocenters. The fourth-order valence-electron chi connectivity index (χ4n) is 3.54. The van der Waals surface area contributed by atoms with E-state index in [9.17, 15) is 12.8 Å². The van der Waals surface area contributed by atoms with Crippen LogP contribution >= 0.6 is 0 Å². The van der Waals surface area contributed by atoms with Crippen LogP contribution in [0.3, 0.4) is 0 Å². The van der Waals surface area contributed by atoms with Crippen LogP contribution in [0, 0.1) is 24.1 Å². The highest BCUT2D eigenvalue weighted by Gasteiger charge is 2.14. The summed E-state index contributed by atoms with van der Waals surface area (Å²) in [6, 6.07) is 12.2. The van der Waals surface area contributed by atoms with Crippen molar-refractivity contribution in [2.24, 2.45) is 12.2 Å². The number of nitrogens with one attached hydrogen (secondary N) is 2. The van der Waals surface area contributed by atoms with Gasteiger partial charge in [0.15, 0.2) is 11.6 Å². The number of primary sulfonamides is 1. The van der Waals surface area contributed by atoms with Gasteiger partial charge in [0.1, 0.15) is 0 Å². The first-order valence-electron chi connectivity index (χ1n) is 9.80. The standard InChI is InChI=1S/C22H20FN7O2S/c1-13-3-4-16(10-20(13)33(25,31)32)28-22-26-11-18(23)21(29-22)27-15-5-6-19-17(9-15)14(7-8-24)12-30(19)2/h3-6,9-12H,7H2,1-2H3,(H2,25,31,32)(H2,26,27,28,29). The Balaban J connectivity index is 1.64. The van der Waals surface area contributed by atoms with Gasteiger partial charge in [-0.2, -0.15) is 10.2 Å². The van der Waals surface area contributed by atoms with E-state index in [4.69, 9.17) is 10.4 Å². The van der Waals surface area contributed by atoms with Gasteiger partial charge in [0.25, 0.3) is 0 Å². The maximum absolute atomic E-state index is 14.4. The second-order valence-electron chi connectivity index (χ2n) is 7.50. The molecule has 33 heavy (non-hydrogen) atoms. The Morgan fingerprint density at radius 2 is 1.91 bits per heavy atom. The van der Waals surface area contributed by atoms with Crippen LogP contribution in [0.25, 0.3) is 10.9 Å². The van der Waals surface area contributed by atoms with Crippen LogP contribution in [0.5, 0.6) is 0 Å². The van der Waals surface area contributed by atoms with Crippen LogP contribution in [-0.4, -0.2) is 23.0 Å². The molecule has 4 rings (SSSR count). The molecule has 0 spiro atoms. The summed E-state index contributed by atoms with van der Waals surface area (Å²) < 4.78 is 39.9. The second-order valence-corrected chi connectivity index (χ2v) is 9.03. The Morgan fingerprint density at radius 3 is 2.64 bits per heavy atom. The predicted octanol–water partition coefficient (Wildman–Crippen LogP) is 3.62. The molecule has 2 heterocycles. The molecule has 0 amide bonds. The summed E-state index contributed by atoms with van der Waals surface area (Å²) in [5, 5.41) is 21.0. The van der Waals surface area contributed by atoms with Gasteiger partial charge < -0.3 is 15.2 Å². The molecule has 9 nitrogen and oxygen atoms in total. The van der Waals surface area contributed by atoms with Crippen LogP contribution in [-0.2, 0) is 23.5 Å². The van der Waals surface area contributed by atoms with Crippen LogP contribution in [0.1, 0.15) is 11.1 Å². The Morgan fingerprint density at radius 1 is 1.18 bits per heavy atom. The minimum absolute atomic E-state index is 0.0303. The summed E-state index contributed by atoms with van der Waals surface area (Å²) in [6.07, 6.45) is 3.16. The Labute approximate surface area is 189 Å². The number of anilines is 4. The van der Waals surface area contributed by atoms with Crippen molar-refractivity contribution in [3.05, 3.63) is 65.7 Å². The summed E-state index contributed by atoms with van der Waals surface area (Å²) in [5.74, 6) is -0.669. The number of nitrogens with zero attached hydrogens (tertiary/aromatic N) is 4. The van der Waals surface area contributed by atoms with Gasteiger partial charge in [-0.05, 0) is 48.4 Å². The molecule has 0 unspecified atom stereocenters. The molecule has 0 saturated heterocycles. The van der Waals surface area contributed by atoms with Gasteiger partial charge in [-0.15, -0.1) is 0 Å². The lowest BCUT2D eigenvalue weighted by Gasteiger charge is -2.11. The first kappa shape index (κ1) is 22.2. The van der Waals surface area contributed by atoms with Crippen molar-refractivity contribution in [2.75, 3.05) is 10.6 Å². The highest BCUT2D eigenvalue weighted by atomic mass is 32.2. The smallest absolute Gasteiger partial charge is 0.238 e. The number of rotatable bonds is 6. The molecule has 4 aromatic rings. The second kappa shape index (κ2) is 8.50. The van der Waals surface area contributed by atoms with E-state index in [1.807, 2.05) is 29.9 Å². The van der Waals surface area contributed by atoms with E-state index in [2.05, 4.69) is 26.7 Å². The third-order valence-electron chi connectivity index (χ3n) is 5.10. The lowest BCUT2D eigenvalue weighted by atomic mass is 10.1. The van der Waals surface area contributed by atoms with Crippen molar-refractivity contribution in [3.63, 3.8) is 0 Å². The Bertz CT molecular complexity index is 1520. The van der Waals surface area contributed by atoms with Crippen molar-refractivity contribution in [1.29, 1.82) is 5.26 Å². The van der Waals surface area contributed by atoms with E-state index in [1.54, 1.807) is 25.1 Å². The number of fused-ring (bicyclic) bond motifs is 1. The molecule has 168 valence electrons. The van der Waals surface area contributed by atoms with Gasteiger partial charge in [0.05, 0.1) is 23.6 Å². The van der Waals surface area contributed by atoms with Gasteiger partial charge in [-0.1, -0.05) is 6.07 Å². The number of aromatic nitrogens is 3. The van der Waals surface area contributed by atoms with Gasteiger partial charge in [0.2, 0.25) is 16.0 Å². The van der Waals surface area contributed by atoms with Gasteiger partial charge in [-0.25, -0.2) is 22.9 Å². The zero-order chi connectivity index (χ0) is 23.8. The largest absolute Gasteiger partial charge is 0.350 e. The minimum Gasteiger partial charge on any atom is -0.350 e. The summed E-state index contributed by atoms with van der Waals surface area (Å²) in [7, 11) is -2.01. The third-order valence-corrected chi connectivity index (χ3v) is 6.15. The molecular weight excluding hydrogens is 445 g/mol. The minimum atomic E-state index is -3.90. The molecule has 11 heteroatoms. The molecule has 2 aromatic heterocycles. The zero-order valence-electron chi connectivity index (χ0n) is 17.8. The van der Waals surface area contributed by atoms with Gasteiger partial charge >= 0.3 is 0 Å². The van der Waals surface area contributed by atoms with Crippen molar-refractivity contribution in [1.82, 2.24) is 14.5 Å². The van der Waals surface area contributed by atoms with Crippen molar-refractivity contribution in [3.8, 4) is 6.07 Å². The molecule has 0 bridgehead atoms. The highest BCUT2D eigenvalue weighted by molar-refractivity contribution is 7.89. The van der Waals surface area contributed by atoms with Gasteiger partial charge in [0, 0.05) is 35.5 Å². The zero-order valence-corrected chi connectivity index (χ0v) is 18.6. The molecule has 4 N–H and O–H groups in total. The summed E-state index contributed by atoms with van der Waals surface area (Å²) in [4.78, 5) is 8.07. The van der Waals surface area contributed by atoms with Gasteiger partial charge in [-0.3, -0.25) is 0 Å². The maximum Gasteiger partial charge on any atom is 0.238 e. The summed E-state index contributed by atoms with van der Waals surface area (Å²) >= 11 is 0. The Hall–Kier alpha value is -4.01. The number of benzene rings is 2. The SMILES string of the molecule is Cc1ccc(Nc2ncc(F)c(Nc3ccc4c(c3)c(CC#N)cn4C)n2)cc1S(N)(=O)=O. The quantitative estimate of drug-likeness (QED) is 0.395. The molecule has 0 saturated carbocycles. The Kier molecular flexibility index (Phi) is 5.71. The number of nitrogens with two attached hydrogens (primary N) is 1. The monoisotopic (exact) mass is 465 g/mol. The molecule has 0 aliphatic rings. The number of hydrogen-bond acceptors (Lipinski definition) is 7. The van der Waals surface area contributed by atoms with Crippen LogP contribution in [0.15, 0.2) is 53.7 Å². The third kappa shape index (κ3) is 4.62. The molecule has 0 radical (unpaired) electrons. The average molecular weight is 466 g/mol. The number of aryl methyl sites for hydroxylation is 2. The molecule has 0 aliphatic heterocycles. The molecule has 2 aromatic carbocycles. The molecular formula is C22H20FN7O2S. The van der Waals surface area contributed by atoms with Crippen LogP contribution in [0.2, 0.25) is 0 Å². The van der Waals surface area contributed by atoms with E-state index < -0.39 is 15.8 Å². The average Bonchev–Trinajstić information content (AvgIpc) is 3.06. The number of nitriles is 1.